The number of amides is 1. The summed E-state index contributed by atoms with van der Waals surface area (Å²) in [6, 6.07) is 0.411. The van der Waals surface area contributed by atoms with E-state index in [-0.39, 0.29) is 5.91 Å². The summed E-state index contributed by atoms with van der Waals surface area (Å²) in [4.78, 5) is 13.1. The molecule has 0 spiro atoms. The van der Waals surface area contributed by atoms with E-state index in [1.165, 1.54) is 5.57 Å². The van der Waals surface area contributed by atoms with Crippen LogP contribution in [0, 0.1) is 5.41 Å². The Morgan fingerprint density at radius 1 is 1.47 bits per heavy atom. The Bertz CT molecular complexity index is 273. The van der Waals surface area contributed by atoms with Crippen molar-refractivity contribution in [2.24, 2.45) is 5.41 Å². The Labute approximate surface area is 93.3 Å². The third-order valence-corrected chi connectivity index (χ3v) is 3.39. The minimum Gasteiger partial charge on any atom is -0.343 e. The molecule has 1 unspecified atom stereocenters. The van der Waals surface area contributed by atoms with Crippen molar-refractivity contribution in [1.29, 1.82) is 0 Å². The van der Waals surface area contributed by atoms with Crippen LogP contribution in [0.3, 0.4) is 0 Å². The van der Waals surface area contributed by atoms with Gasteiger partial charge in [0.15, 0.2) is 0 Å². The van der Waals surface area contributed by atoms with E-state index in [2.05, 4.69) is 26.8 Å². The molecule has 0 aromatic rings. The highest BCUT2D eigenvalue weighted by molar-refractivity contribution is 5.73. The van der Waals surface area contributed by atoms with Gasteiger partial charge in [-0.25, -0.2) is 0 Å². The number of nitrogens with zero attached hydrogens (tertiary/aromatic N) is 1. The normalized spacial score (nSPS) is 22.2. The number of hydrogen-bond donors (Lipinski definition) is 0. The van der Waals surface area contributed by atoms with Crippen LogP contribution in [0.15, 0.2) is 11.6 Å². The van der Waals surface area contributed by atoms with Crippen molar-refractivity contribution in [2.75, 3.05) is 7.05 Å². The van der Waals surface area contributed by atoms with E-state index in [9.17, 15) is 4.79 Å². The summed E-state index contributed by atoms with van der Waals surface area (Å²) in [7, 11) is 1.91. The second-order valence-corrected chi connectivity index (χ2v) is 5.54. The van der Waals surface area contributed by atoms with Gasteiger partial charge in [0.25, 0.3) is 0 Å². The molecule has 0 heterocycles. The number of allylic oxidation sites excluding steroid dienone is 1. The lowest BCUT2D eigenvalue weighted by atomic mass is 9.79. The van der Waals surface area contributed by atoms with Crippen molar-refractivity contribution in [1.82, 2.24) is 4.90 Å². The number of carbonyl (C=O) groups is 1. The Hall–Kier alpha value is -0.790. The van der Waals surface area contributed by atoms with E-state index in [0.29, 0.717) is 11.5 Å². The molecule has 1 aliphatic rings. The summed E-state index contributed by atoms with van der Waals surface area (Å²) in [5.41, 5.74) is 1.83. The molecule has 0 aromatic carbocycles. The van der Waals surface area contributed by atoms with E-state index in [1.54, 1.807) is 6.92 Å². The summed E-state index contributed by atoms with van der Waals surface area (Å²) in [6.45, 7) is 8.42. The van der Waals surface area contributed by atoms with E-state index >= 15 is 0 Å². The van der Waals surface area contributed by atoms with Gasteiger partial charge < -0.3 is 4.90 Å². The zero-order valence-corrected chi connectivity index (χ0v) is 10.6. The molecule has 0 aromatic heterocycles. The standard InChI is InChI=1S/C13H23NO/c1-10(15)14(5)12-8-6-11(7-9-12)13(2,3)4/h6,12H,7-9H2,1-5H3. The predicted octanol–water partition coefficient (Wildman–Crippen LogP) is 2.99. The molecule has 0 saturated carbocycles. The van der Waals surface area contributed by atoms with Crippen LogP contribution < -0.4 is 0 Å². The molecule has 1 amide bonds. The molecule has 0 saturated heterocycles. The van der Waals surface area contributed by atoms with Gasteiger partial charge in [-0.1, -0.05) is 32.4 Å². The smallest absolute Gasteiger partial charge is 0.219 e. The first-order valence-corrected chi connectivity index (χ1v) is 5.75. The lowest BCUT2D eigenvalue weighted by Crippen LogP contribution is -2.37. The van der Waals surface area contributed by atoms with E-state index in [4.69, 9.17) is 0 Å². The van der Waals surface area contributed by atoms with Crippen molar-refractivity contribution >= 4 is 5.91 Å². The molecule has 86 valence electrons. The minimum atomic E-state index is 0.174. The Morgan fingerprint density at radius 2 is 2.07 bits per heavy atom. The highest BCUT2D eigenvalue weighted by Crippen LogP contribution is 2.34. The molecule has 0 aliphatic heterocycles. The van der Waals surface area contributed by atoms with Crippen molar-refractivity contribution < 1.29 is 4.79 Å². The maximum Gasteiger partial charge on any atom is 0.219 e. The van der Waals surface area contributed by atoms with Crippen LogP contribution in [0.2, 0.25) is 0 Å². The van der Waals surface area contributed by atoms with Crippen LogP contribution in [0.1, 0.15) is 47.0 Å². The van der Waals surface area contributed by atoms with E-state index < -0.39 is 0 Å². The molecule has 0 radical (unpaired) electrons. The fourth-order valence-electron chi connectivity index (χ4n) is 2.11. The molecule has 0 fully saturated rings. The van der Waals surface area contributed by atoms with E-state index in [0.717, 1.165) is 19.3 Å². The number of carbonyl (C=O) groups excluding carboxylic acids is 1. The Balaban J connectivity index is 2.62. The van der Waals surface area contributed by atoms with Crippen LogP contribution in [-0.2, 0) is 4.79 Å². The van der Waals surface area contributed by atoms with Gasteiger partial charge >= 0.3 is 0 Å². The fraction of sp³-hybridized carbons (Fsp3) is 0.769. The highest BCUT2D eigenvalue weighted by Gasteiger charge is 2.25. The lowest BCUT2D eigenvalue weighted by Gasteiger charge is -2.34. The third-order valence-electron chi connectivity index (χ3n) is 3.39. The van der Waals surface area contributed by atoms with Gasteiger partial charge in [-0.2, -0.15) is 0 Å². The van der Waals surface area contributed by atoms with Crippen LogP contribution in [0.4, 0.5) is 0 Å². The SMILES string of the molecule is CC(=O)N(C)C1CC=C(C(C)(C)C)CC1. The summed E-state index contributed by atoms with van der Waals surface area (Å²) >= 11 is 0. The summed E-state index contributed by atoms with van der Waals surface area (Å²) < 4.78 is 0. The van der Waals surface area contributed by atoms with Crippen LogP contribution >= 0.6 is 0 Å². The Morgan fingerprint density at radius 3 is 2.40 bits per heavy atom. The van der Waals surface area contributed by atoms with Crippen LogP contribution in [0.25, 0.3) is 0 Å². The minimum absolute atomic E-state index is 0.174. The van der Waals surface area contributed by atoms with Gasteiger partial charge in [0, 0.05) is 20.0 Å². The van der Waals surface area contributed by atoms with Crippen molar-refractivity contribution in [3.8, 4) is 0 Å². The predicted molar refractivity (Wildman–Crippen MR) is 63.6 cm³/mol. The van der Waals surface area contributed by atoms with Gasteiger partial charge in [0.2, 0.25) is 5.91 Å². The monoisotopic (exact) mass is 209 g/mol. The first-order valence-electron chi connectivity index (χ1n) is 5.75. The lowest BCUT2D eigenvalue weighted by molar-refractivity contribution is -0.129. The molecule has 2 heteroatoms. The largest absolute Gasteiger partial charge is 0.343 e. The van der Waals surface area contributed by atoms with Crippen molar-refractivity contribution in [2.45, 2.75) is 53.0 Å². The van der Waals surface area contributed by atoms with Crippen molar-refractivity contribution in [3.05, 3.63) is 11.6 Å². The van der Waals surface area contributed by atoms with Gasteiger partial charge in [-0.05, 0) is 24.7 Å². The zero-order valence-electron chi connectivity index (χ0n) is 10.6. The quantitative estimate of drug-likeness (QED) is 0.608. The molecule has 0 bridgehead atoms. The zero-order chi connectivity index (χ0) is 11.6. The molecule has 1 atom stereocenters. The fourth-order valence-corrected chi connectivity index (χ4v) is 2.11. The van der Waals surface area contributed by atoms with Gasteiger partial charge in [-0.15, -0.1) is 0 Å². The first kappa shape index (κ1) is 12.3. The van der Waals surface area contributed by atoms with Crippen molar-refractivity contribution in [3.63, 3.8) is 0 Å². The third kappa shape index (κ3) is 3.08. The molecular formula is C13H23NO. The van der Waals surface area contributed by atoms with Gasteiger partial charge in [-0.3, -0.25) is 4.79 Å². The van der Waals surface area contributed by atoms with Crippen LogP contribution in [0.5, 0.6) is 0 Å². The average Bonchev–Trinajstić information content (AvgIpc) is 2.15. The van der Waals surface area contributed by atoms with E-state index in [1.807, 2.05) is 11.9 Å². The van der Waals surface area contributed by atoms with Gasteiger partial charge in [0.05, 0.1) is 0 Å². The van der Waals surface area contributed by atoms with Gasteiger partial charge in [0.1, 0.15) is 0 Å². The summed E-state index contributed by atoms with van der Waals surface area (Å²) in [6.07, 6.45) is 5.58. The molecule has 1 aliphatic carbocycles. The number of hydrogen-bond acceptors (Lipinski definition) is 1. The molecule has 2 nitrogen and oxygen atoms in total. The topological polar surface area (TPSA) is 20.3 Å². The molecule has 1 rings (SSSR count). The molecule has 15 heavy (non-hydrogen) atoms. The van der Waals surface area contributed by atoms with Crippen LogP contribution in [-0.4, -0.2) is 23.9 Å². The maximum atomic E-state index is 11.2. The second-order valence-electron chi connectivity index (χ2n) is 5.54. The number of rotatable bonds is 1. The average molecular weight is 209 g/mol. The maximum absolute atomic E-state index is 11.2. The Kier molecular flexibility index (Phi) is 3.58. The second kappa shape index (κ2) is 4.38. The highest BCUT2D eigenvalue weighted by atomic mass is 16.2. The molecular weight excluding hydrogens is 186 g/mol. The molecule has 0 N–H and O–H groups in total. The summed E-state index contributed by atoms with van der Waals surface area (Å²) in [5, 5.41) is 0. The summed E-state index contributed by atoms with van der Waals surface area (Å²) in [5.74, 6) is 0.174. The first-order chi connectivity index (χ1) is 6.82.